The Kier molecular flexibility index (Phi) is 4.68. The van der Waals surface area contributed by atoms with Gasteiger partial charge >= 0.3 is 0 Å². The van der Waals surface area contributed by atoms with Crippen molar-refractivity contribution in [1.29, 1.82) is 0 Å². The first-order valence-electron chi connectivity index (χ1n) is 6.78. The summed E-state index contributed by atoms with van der Waals surface area (Å²) in [4.78, 5) is 2.42. The second-order valence-corrected chi connectivity index (χ2v) is 6.34. The zero-order valence-corrected chi connectivity index (χ0v) is 13.1. The molecule has 1 N–H and O–H groups in total. The van der Waals surface area contributed by atoms with Crippen LogP contribution in [0.15, 0.2) is 22.7 Å². The van der Waals surface area contributed by atoms with Gasteiger partial charge in [-0.15, -0.1) is 0 Å². The Morgan fingerprint density at radius 2 is 2.00 bits per heavy atom. The van der Waals surface area contributed by atoms with E-state index in [1.54, 1.807) is 0 Å². The molecule has 1 aromatic rings. The molecule has 0 bridgehead atoms. The van der Waals surface area contributed by atoms with Gasteiger partial charge in [0.15, 0.2) is 0 Å². The predicted molar refractivity (Wildman–Crippen MR) is 82.2 cm³/mol. The van der Waals surface area contributed by atoms with Gasteiger partial charge < -0.3 is 10.2 Å². The van der Waals surface area contributed by atoms with Gasteiger partial charge in [-0.25, -0.2) is 0 Å². The van der Waals surface area contributed by atoms with E-state index in [1.807, 2.05) is 0 Å². The molecule has 1 fully saturated rings. The number of nitrogens with zero attached hydrogens (tertiary/aromatic N) is 1. The number of anilines is 1. The van der Waals surface area contributed by atoms with Gasteiger partial charge in [-0.05, 0) is 70.4 Å². The molecule has 0 aliphatic carbocycles. The standard InChI is InChI=1S/C15H23BrN2/c1-11-14(16)5-4-6-15(11)17-12(2)13-7-9-18(3)10-8-13/h4-6,12-13,17H,7-10H2,1-3H3. The zero-order chi connectivity index (χ0) is 13.1. The SMILES string of the molecule is Cc1c(Br)cccc1NC(C)C1CCN(C)CC1. The van der Waals surface area contributed by atoms with Crippen LogP contribution in [-0.2, 0) is 0 Å². The first-order valence-corrected chi connectivity index (χ1v) is 7.57. The van der Waals surface area contributed by atoms with Gasteiger partial charge in [-0.1, -0.05) is 22.0 Å². The van der Waals surface area contributed by atoms with E-state index < -0.39 is 0 Å². The third kappa shape index (κ3) is 3.27. The summed E-state index contributed by atoms with van der Waals surface area (Å²) in [6.07, 6.45) is 2.61. The molecular formula is C15H23BrN2. The quantitative estimate of drug-likeness (QED) is 0.911. The van der Waals surface area contributed by atoms with Crippen LogP contribution in [0.2, 0.25) is 0 Å². The molecule has 1 aliphatic heterocycles. The number of halogens is 1. The molecule has 1 atom stereocenters. The highest BCUT2D eigenvalue weighted by molar-refractivity contribution is 9.10. The molecular weight excluding hydrogens is 288 g/mol. The van der Waals surface area contributed by atoms with Gasteiger partial charge in [0.1, 0.15) is 0 Å². The molecule has 100 valence electrons. The van der Waals surface area contributed by atoms with Crippen LogP contribution in [0.25, 0.3) is 0 Å². The number of hydrogen-bond acceptors (Lipinski definition) is 2. The minimum atomic E-state index is 0.548. The topological polar surface area (TPSA) is 15.3 Å². The van der Waals surface area contributed by atoms with Crippen molar-refractivity contribution in [3.05, 3.63) is 28.2 Å². The van der Waals surface area contributed by atoms with Crippen LogP contribution in [0.3, 0.4) is 0 Å². The van der Waals surface area contributed by atoms with Crippen LogP contribution in [0.4, 0.5) is 5.69 Å². The normalized spacial score (nSPS) is 19.8. The molecule has 0 aromatic heterocycles. The van der Waals surface area contributed by atoms with Crippen molar-refractivity contribution in [3.8, 4) is 0 Å². The van der Waals surface area contributed by atoms with E-state index in [1.165, 1.54) is 41.7 Å². The van der Waals surface area contributed by atoms with E-state index in [-0.39, 0.29) is 0 Å². The highest BCUT2D eigenvalue weighted by atomic mass is 79.9. The number of rotatable bonds is 3. The summed E-state index contributed by atoms with van der Waals surface area (Å²) in [5.74, 6) is 0.791. The number of hydrogen-bond donors (Lipinski definition) is 1. The Morgan fingerprint density at radius 3 is 2.67 bits per heavy atom. The number of piperidine rings is 1. The first-order chi connectivity index (χ1) is 8.58. The van der Waals surface area contributed by atoms with Gasteiger partial charge in [0.05, 0.1) is 0 Å². The molecule has 2 nitrogen and oxygen atoms in total. The molecule has 0 saturated carbocycles. The van der Waals surface area contributed by atoms with Crippen LogP contribution in [0.5, 0.6) is 0 Å². The van der Waals surface area contributed by atoms with E-state index in [0.717, 1.165) is 5.92 Å². The Hall–Kier alpha value is -0.540. The zero-order valence-electron chi connectivity index (χ0n) is 11.5. The van der Waals surface area contributed by atoms with Crippen molar-refractivity contribution in [2.75, 3.05) is 25.5 Å². The number of nitrogens with one attached hydrogen (secondary N) is 1. The summed E-state index contributed by atoms with van der Waals surface area (Å²) in [6, 6.07) is 6.92. The largest absolute Gasteiger partial charge is 0.382 e. The van der Waals surface area contributed by atoms with E-state index in [0.29, 0.717) is 6.04 Å². The van der Waals surface area contributed by atoms with E-state index >= 15 is 0 Å². The summed E-state index contributed by atoms with van der Waals surface area (Å²) in [5.41, 5.74) is 2.56. The lowest BCUT2D eigenvalue weighted by molar-refractivity contribution is 0.208. The van der Waals surface area contributed by atoms with Crippen LogP contribution < -0.4 is 5.32 Å². The van der Waals surface area contributed by atoms with Gasteiger partial charge in [-0.3, -0.25) is 0 Å². The lowest BCUT2D eigenvalue weighted by Gasteiger charge is -2.33. The monoisotopic (exact) mass is 310 g/mol. The molecule has 3 heteroatoms. The van der Waals surface area contributed by atoms with Crippen molar-refractivity contribution in [2.45, 2.75) is 32.7 Å². The Balaban J connectivity index is 1.98. The average Bonchev–Trinajstić information content (AvgIpc) is 2.36. The third-order valence-corrected chi connectivity index (χ3v) is 4.98. The molecule has 0 amide bonds. The van der Waals surface area contributed by atoms with Gasteiger partial charge in [0.25, 0.3) is 0 Å². The Morgan fingerprint density at radius 1 is 1.33 bits per heavy atom. The van der Waals surface area contributed by atoms with E-state index in [2.05, 4.69) is 65.2 Å². The Labute approximate surface area is 119 Å². The summed E-state index contributed by atoms with van der Waals surface area (Å²) >= 11 is 3.59. The fourth-order valence-corrected chi connectivity index (χ4v) is 3.02. The van der Waals surface area contributed by atoms with Crippen molar-refractivity contribution in [1.82, 2.24) is 4.90 Å². The lowest BCUT2D eigenvalue weighted by atomic mass is 9.90. The molecule has 1 aromatic carbocycles. The second kappa shape index (κ2) is 6.07. The summed E-state index contributed by atoms with van der Waals surface area (Å²) in [6.45, 7) is 6.94. The molecule has 1 unspecified atom stereocenters. The third-order valence-electron chi connectivity index (χ3n) is 4.12. The number of benzene rings is 1. The van der Waals surface area contributed by atoms with Gasteiger partial charge in [0, 0.05) is 16.2 Å². The molecule has 0 spiro atoms. The second-order valence-electron chi connectivity index (χ2n) is 5.49. The molecule has 1 saturated heterocycles. The fourth-order valence-electron chi connectivity index (χ4n) is 2.66. The molecule has 0 radical (unpaired) electrons. The minimum absolute atomic E-state index is 0.548. The smallest absolute Gasteiger partial charge is 0.0383 e. The van der Waals surface area contributed by atoms with Crippen molar-refractivity contribution in [3.63, 3.8) is 0 Å². The van der Waals surface area contributed by atoms with E-state index in [9.17, 15) is 0 Å². The first kappa shape index (κ1) is 13.9. The van der Waals surface area contributed by atoms with Crippen LogP contribution >= 0.6 is 15.9 Å². The average molecular weight is 311 g/mol. The van der Waals surface area contributed by atoms with Crippen molar-refractivity contribution >= 4 is 21.6 Å². The van der Waals surface area contributed by atoms with Gasteiger partial charge in [0.2, 0.25) is 0 Å². The van der Waals surface area contributed by atoms with E-state index in [4.69, 9.17) is 0 Å². The summed E-state index contributed by atoms with van der Waals surface area (Å²) in [7, 11) is 2.22. The minimum Gasteiger partial charge on any atom is -0.382 e. The maximum absolute atomic E-state index is 3.69. The van der Waals surface area contributed by atoms with Crippen LogP contribution in [0, 0.1) is 12.8 Å². The number of likely N-dealkylation sites (tertiary alicyclic amines) is 1. The maximum Gasteiger partial charge on any atom is 0.0383 e. The predicted octanol–water partition coefficient (Wildman–Crippen LogP) is 3.90. The molecule has 2 rings (SSSR count). The van der Waals surface area contributed by atoms with Crippen LogP contribution in [-0.4, -0.2) is 31.1 Å². The lowest BCUT2D eigenvalue weighted by Crippen LogP contribution is -2.37. The molecule has 1 aliphatic rings. The maximum atomic E-state index is 3.69. The van der Waals surface area contributed by atoms with Crippen molar-refractivity contribution in [2.24, 2.45) is 5.92 Å². The van der Waals surface area contributed by atoms with Crippen LogP contribution in [0.1, 0.15) is 25.3 Å². The molecule has 18 heavy (non-hydrogen) atoms. The highest BCUT2D eigenvalue weighted by Crippen LogP contribution is 2.27. The fraction of sp³-hybridized carbons (Fsp3) is 0.600. The molecule has 1 heterocycles. The van der Waals surface area contributed by atoms with Gasteiger partial charge in [-0.2, -0.15) is 0 Å². The summed E-state index contributed by atoms with van der Waals surface area (Å²) in [5, 5.41) is 3.69. The summed E-state index contributed by atoms with van der Waals surface area (Å²) < 4.78 is 1.18. The Bertz CT molecular complexity index is 397. The highest BCUT2D eigenvalue weighted by Gasteiger charge is 2.22. The van der Waals surface area contributed by atoms with Crippen molar-refractivity contribution < 1.29 is 0 Å².